The number of rotatable bonds is 5. The fourth-order valence-corrected chi connectivity index (χ4v) is 2.13. The van der Waals surface area contributed by atoms with E-state index in [2.05, 4.69) is 5.32 Å². The fraction of sp³-hybridized carbons (Fsp3) is 0.429. The van der Waals surface area contributed by atoms with E-state index in [1.165, 1.54) is 0 Å². The van der Waals surface area contributed by atoms with Crippen LogP contribution in [0.1, 0.15) is 25.3 Å². The molecular formula is C14H18N2O2S. The van der Waals surface area contributed by atoms with Crippen molar-refractivity contribution in [2.45, 2.75) is 19.8 Å². The maximum Gasteiger partial charge on any atom is 0.227 e. The first-order valence-corrected chi connectivity index (χ1v) is 6.72. The largest absolute Gasteiger partial charge is 0.495 e. The van der Waals surface area contributed by atoms with Crippen LogP contribution in [0.3, 0.4) is 0 Å². The van der Waals surface area contributed by atoms with Crippen molar-refractivity contribution in [3.63, 3.8) is 0 Å². The molecule has 1 saturated carbocycles. The number of benzene rings is 1. The molecule has 1 atom stereocenters. The number of amides is 1. The van der Waals surface area contributed by atoms with Crippen LogP contribution in [0.4, 0.5) is 5.69 Å². The van der Waals surface area contributed by atoms with Gasteiger partial charge in [0, 0.05) is 11.5 Å². The lowest BCUT2D eigenvalue weighted by Gasteiger charge is -2.14. The highest BCUT2D eigenvalue weighted by molar-refractivity contribution is 7.80. The minimum atomic E-state index is 0.0314. The summed E-state index contributed by atoms with van der Waals surface area (Å²) in [4.78, 5) is 12.4. The van der Waals surface area contributed by atoms with Crippen LogP contribution in [0.5, 0.6) is 5.75 Å². The Morgan fingerprint density at radius 1 is 1.53 bits per heavy atom. The van der Waals surface area contributed by atoms with Gasteiger partial charge in [-0.05, 0) is 37.0 Å². The van der Waals surface area contributed by atoms with Crippen molar-refractivity contribution in [3.8, 4) is 5.75 Å². The van der Waals surface area contributed by atoms with E-state index in [9.17, 15) is 4.79 Å². The number of nitrogens with one attached hydrogen (secondary N) is 1. The molecule has 0 saturated heterocycles. The van der Waals surface area contributed by atoms with Crippen molar-refractivity contribution in [2.24, 2.45) is 17.6 Å². The molecule has 0 heterocycles. The van der Waals surface area contributed by atoms with E-state index < -0.39 is 0 Å². The van der Waals surface area contributed by atoms with Crippen molar-refractivity contribution < 1.29 is 9.53 Å². The van der Waals surface area contributed by atoms with Gasteiger partial charge in [-0.15, -0.1) is 0 Å². The van der Waals surface area contributed by atoms with Crippen molar-refractivity contribution >= 4 is 28.8 Å². The van der Waals surface area contributed by atoms with E-state index in [0.29, 0.717) is 22.3 Å². The predicted molar refractivity (Wildman–Crippen MR) is 79.4 cm³/mol. The Morgan fingerprint density at radius 2 is 2.21 bits per heavy atom. The van der Waals surface area contributed by atoms with E-state index in [-0.39, 0.29) is 11.8 Å². The third-order valence-electron chi connectivity index (χ3n) is 3.49. The third kappa shape index (κ3) is 3.23. The average Bonchev–Trinajstić information content (AvgIpc) is 3.22. The fourth-order valence-electron chi connectivity index (χ4n) is 2.00. The molecule has 4 nitrogen and oxygen atoms in total. The molecule has 1 fully saturated rings. The Balaban J connectivity index is 2.15. The van der Waals surface area contributed by atoms with Gasteiger partial charge in [-0.25, -0.2) is 0 Å². The van der Waals surface area contributed by atoms with Crippen LogP contribution in [0.2, 0.25) is 0 Å². The SMILES string of the molecule is COc1cc(C(N)=S)ccc1NC(=O)C(C)C1CC1. The Hall–Kier alpha value is -1.62. The third-order valence-corrected chi connectivity index (χ3v) is 3.72. The van der Waals surface area contributed by atoms with Gasteiger partial charge < -0.3 is 15.8 Å². The minimum Gasteiger partial charge on any atom is -0.495 e. The number of hydrogen-bond acceptors (Lipinski definition) is 3. The molecule has 3 N–H and O–H groups in total. The van der Waals surface area contributed by atoms with E-state index in [1.807, 2.05) is 6.92 Å². The molecule has 19 heavy (non-hydrogen) atoms. The maximum atomic E-state index is 12.1. The lowest BCUT2D eigenvalue weighted by molar-refractivity contribution is -0.119. The quantitative estimate of drug-likeness (QED) is 0.811. The molecule has 102 valence electrons. The number of carbonyl (C=O) groups is 1. The van der Waals surface area contributed by atoms with Gasteiger partial charge in [-0.1, -0.05) is 19.1 Å². The maximum absolute atomic E-state index is 12.1. The molecular weight excluding hydrogens is 260 g/mol. The van der Waals surface area contributed by atoms with Crippen LogP contribution in [0.15, 0.2) is 18.2 Å². The van der Waals surface area contributed by atoms with Crippen molar-refractivity contribution in [2.75, 3.05) is 12.4 Å². The molecule has 2 rings (SSSR count). The number of ether oxygens (including phenoxy) is 1. The number of carbonyl (C=O) groups excluding carboxylic acids is 1. The molecule has 0 spiro atoms. The molecule has 5 heteroatoms. The van der Waals surface area contributed by atoms with Crippen molar-refractivity contribution in [3.05, 3.63) is 23.8 Å². The number of nitrogens with two attached hydrogens (primary N) is 1. The lowest BCUT2D eigenvalue weighted by atomic mass is 10.1. The highest BCUT2D eigenvalue weighted by Crippen LogP contribution is 2.37. The Morgan fingerprint density at radius 3 is 2.74 bits per heavy atom. The molecule has 1 aliphatic rings. The average molecular weight is 278 g/mol. The van der Waals surface area contributed by atoms with Crippen LogP contribution in [0, 0.1) is 11.8 Å². The molecule has 0 radical (unpaired) electrons. The summed E-state index contributed by atoms with van der Waals surface area (Å²) in [6.45, 7) is 1.96. The van der Waals surface area contributed by atoms with Crippen LogP contribution < -0.4 is 15.8 Å². The monoisotopic (exact) mass is 278 g/mol. The van der Waals surface area contributed by atoms with Crippen LogP contribution >= 0.6 is 12.2 Å². The number of methoxy groups -OCH3 is 1. The minimum absolute atomic E-state index is 0.0314. The second-order valence-corrected chi connectivity index (χ2v) is 5.33. The first-order chi connectivity index (χ1) is 9.02. The molecule has 1 aromatic carbocycles. The van der Waals surface area contributed by atoms with Crippen molar-refractivity contribution in [1.82, 2.24) is 0 Å². The molecule has 0 aromatic heterocycles. The molecule has 1 amide bonds. The summed E-state index contributed by atoms with van der Waals surface area (Å²) in [5.74, 6) is 1.17. The summed E-state index contributed by atoms with van der Waals surface area (Å²) in [7, 11) is 1.55. The van der Waals surface area contributed by atoms with E-state index in [1.54, 1.807) is 25.3 Å². The zero-order valence-corrected chi connectivity index (χ0v) is 11.9. The highest BCUT2D eigenvalue weighted by Gasteiger charge is 2.32. The summed E-state index contributed by atoms with van der Waals surface area (Å²) >= 11 is 4.92. The van der Waals surface area contributed by atoms with Crippen LogP contribution in [-0.4, -0.2) is 18.0 Å². The summed E-state index contributed by atoms with van der Waals surface area (Å²) < 4.78 is 5.26. The zero-order valence-electron chi connectivity index (χ0n) is 11.1. The van der Waals surface area contributed by atoms with E-state index >= 15 is 0 Å². The van der Waals surface area contributed by atoms with Gasteiger partial charge in [0.25, 0.3) is 0 Å². The van der Waals surface area contributed by atoms with Gasteiger partial charge >= 0.3 is 0 Å². The first kappa shape index (κ1) is 13.8. The topological polar surface area (TPSA) is 64.3 Å². The van der Waals surface area contributed by atoms with E-state index in [0.717, 1.165) is 18.4 Å². The molecule has 1 unspecified atom stereocenters. The molecule has 0 bridgehead atoms. The Labute approximate surface area is 118 Å². The second kappa shape index (κ2) is 5.57. The Kier molecular flexibility index (Phi) is 4.04. The van der Waals surface area contributed by atoms with Gasteiger partial charge in [0.15, 0.2) is 0 Å². The van der Waals surface area contributed by atoms with Crippen LogP contribution in [0.25, 0.3) is 0 Å². The van der Waals surface area contributed by atoms with Gasteiger partial charge in [-0.3, -0.25) is 4.79 Å². The van der Waals surface area contributed by atoms with Crippen molar-refractivity contribution in [1.29, 1.82) is 0 Å². The summed E-state index contributed by atoms with van der Waals surface area (Å²) in [6.07, 6.45) is 2.29. The van der Waals surface area contributed by atoms with Gasteiger partial charge in [0.1, 0.15) is 10.7 Å². The summed E-state index contributed by atoms with van der Waals surface area (Å²) in [5.41, 5.74) is 6.95. The Bertz CT molecular complexity index is 512. The lowest BCUT2D eigenvalue weighted by Crippen LogP contribution is -2.22. The standard InChI is InChI=1S/C14H18N2O2S/c1-8(9-3-4-9)14(17)16-11-6-5-10(13(15)19)7-12(11)18-2/h5-9H,3-4H2,1-2H3,(H2,15,19)(H,16,17). The molecule has 0 aliphatic heterocycles. The van der Waals surface area contributed by atoms with Gasteiger partial charge in [-0.2, -0.15) is 0 Å². The number of anilines is 1. The zero-order chi connectivity index (χ0) is 14.0. The van der Waals surface area contributed by atoms with E-state index in [4.69, 9.17) is 22.7 Å². The summed E-state index contributed by atoms with van der Waals surface area (Å²) in [6, 6.07) is 5.28. The normalized spacial score (nSPS) is 15.7. The molecule has 1 aliphatic carbocycles. The second-order valence-electron chi connectivity index (χ2n) is 4.89. The van der Waals surface area contributed by atoms with Gasteiger partial charge in [0.05, 0.1) is 12.8 Å². The number of hydrogen-bond donors (Lipinski definition) is 2. The van der Waals surface area contributed by atoms with Gasteiger partial charge in [0.2, 0.25) is 5.91 Å². The highest BCUT2D eigenvalue weighted by atomic mass is 32.1. The first-order valence-electron chi connectivity index (χ1n) is 6.31. The molecule has 1 aromatic rings. The van der Waals surface area contributed by atoms with Crippen LogP contribution in [-0.2, 0) is 4.79 Å². The summed E-state index contributed by atoms with van der Waals surface area (Å²) in [5, 5.41) is 2.90. The number of thiocarbonyl (C=S) groups is 1. The smallest absolute Gasteiger partial charge is 0.227 e. The predicted octanol–water partition coefficient (Wildman–Crippen LogP) is 2.31.